The van der Waals surface area contributed by atoms with Crippen molar-refractivity contribution in [3.63, 3.8) is 0 Å². The summed E-state index contributed by atoms with van der Waals surface area (Å²) in [6.07, 6.45) is 3.33. The fourth-order valence-corrected chi connectivity index (χ4v) is 0.988. The Balaban J connectivity index is 2.59. The summed E-state index contributed by atoms with van der Waals surface area (Å²) in [7, 11) is 0. The van der Waals surface area contributed by atoms with Gasteiger partial charge >= 0.3 is 0 Å². The quantitative estimate of drug-likeness (QED) is 0.679. The van der Waals surface area contributed by atoms with Gasteiger partial charge in [-0.1, -0.05) is 20.3 Å². The Morgan fingerprint density at radius 1 is 1.50 bits per heavy atom. The third-order valence-corrected chi connectivity index (χ3v) is 1.57. The predicted octanol–water partition coefficient (Wildman–Crippen LogP) is 1.92. The van der Waals surface area contributed by atoms with Gasteiger partial charge in [0, 0.05) is 5.69 Å². The van der Waals surface area contributed by atoms with Crippen molar-refractivity contribution in [3.8, 4) is 0 Å². The van der Waals surface area contributed by atoms with Gasteiger partial charge in [0.15, 0.2) is 0 Å². The van der Waals surface area contributed by atoms with Crippen LogP contribution in [0, 0.1) is 0 Å². The summed E-state index contributed by atoms with van der Waals surface area (Å²) in [5.74, 6) is 0. The molecular formula is C8H14N2. The highest BCUT2D eigenvalue weighted by Gasteiger charge is 1.95. The first kappa shape index (κ1) is 7.32. The molecule has 0 aliphatic heterocycles. The maximum Gasteiger partial charge on any atom is 0.0622 e. The molecule has 0 atom stereocenters. The number of hydrogen-bond acceptors (Lipinski definition) is 1. The Hall–Kier alpha value is -0.790. The third-order valence-electron chi connectivity index (χ3n) is 1.57. The van der Waals surface area contributed by atoms with E-state index < -0.39 is 0 Å². The molecule has 1 heterocycles. The Morgan fingerprint density at radius 2 is 2.30 bits per heavy atom. The summed E-state index contributed by atoms with van der Waals surface area (Å²) in [6.45, 7) is 4.29. The lowest BCUT2D eigenvalue weighted by molar-refractivity contribution is 0.862. The van der Waals surface area contributed by atoms with Crippen molar-refractivity contribution in [1.29, 1.82) is 0 Å². The number of H-pyrrole nitrogens is 1. The molecule has 0 aliphatic carbocycles. The number of aryl methyl sites for hydroxylation is 2. The number of hydrogen-bond donors (Lipinski definition) is 1. The highest BCUT2D eigenvalue weighted by molar-refractivity contribution is 5.08. The van der Waals surface area contributed by atoms with Gasteiger partial charge in [-0.25, -0.2) is 0 Å². The van der Waals surface area contributed by atoms with Crippen LogP contribution in [0.4, 0.5) is 0 Å². The SMILES string of the molecule is CCCc1cc(CC)n[nH]1. The topological polar surface area (TPSA) is 28.7 Å². The molecule has 0 aromatic carbocycles. The van der Waals surface area contributed by atoms with Crippen LogP contribution in [0.3, 0.4) is 0 Å². The monoisotopic (exact) mass is 138 g/mol. The number of nitrogens with zero attached hydrogens (tertiary/aromatic N) is 1. The van der Waals surface area contributed by atoms with Crippen molar-refractivity contribution < 1.29 is 0 Å². The van der Waals surface area contributed by atoms with Crippen LogP contribution in [0.2, 0.25) is 0 Å². The summed E-state index contributed by atoms with van der Waals surface area (Å²) in [5.41, 5.74) is 2.43. The van der Waals surface area contributed by atoms with Crippen LogP contribution in [0.15, 0.2) is 6.07 Å². The number of aromatic nitrogens is 2. The highest BCUT2D eigenvalue weighted by atomic mass is 15.1. The Bertz CT molecular complexity index is 191. The van der Waals surface area contributed by atoms with Gasteiger partial charge in [-0.15, -0.1) is 0 Å². The first-order valence-corrected chi connectivity index (χ1v) is 3.90. The molecule has 2 heteroatoms. The molecule has 10 heavy (non-hydrogen) atoms. The second-order valence-corrected chi connectivity index (χ2v) is 2.49. The van der Waals surface area contributed by atoms with Crippen LogP contribution in [0.1, 0.15) is 31.7 Å². The second-order valence-electron chi connectivity index (χ2n) is 2.49. The molecule has 1 N–H and O–H groups in total. The van der Waals surface area contributed by atoms with Crippen LogP contribution in [-0.2, 0) is 12.8 Å². The van der Waals surface area contributed by atoms with Crippen molar-refractivity contribution >= 4 is 0 Å². The van der Waals surface area contributed by atoms with E-state index in [0.29, 0.717) is 0 Å². The molecule has 0 aliphatic rings. The maximum absolute atomic E-state index is 4.13. The minimum atomic E-state index is 1.03. The van der Waals surface area contributed by atoms with Crippen molar-refractivity contribution in [2.75, 3.05) is 0 Å². The second kappa shape index (κ2) is 3.40. The summed E-state index contributed by atoms with van der Waals surface area (Å²) in [5, 5.41) is 7.14. The molecule has 0 bridgehead atoms. The number of nitrogens with one attached hydrogen (secondary N) is 1. The largest absolute Gasteiger partial charge is 0.282 e. The molecule has 0 spiro atoms. The van der Waals surface area contributed by atoms with Gasteiger partial charge in [-0.2, -0.15) is 5.10 Å². The Morgan fingerprint density at radius 3 is 2.80 bits per heavy atom. The lowest BCUT2D eigenvalue weighted by Crippen LogP contribution is -1.80. The normalized spacial score (nSPS) is 10.2. The standard InChI is InChI=1S/C8H14N2/c1-3-5-8-6-7(4-2)9-10-8/h6H,3-5H2,1-2H3,(H,9,10). The molecule has 0 saturated carbocycles. The van der Waals surface area contributed by atoms with E-state index in [9.17, 15) is 0 Å². The molecule has 56 valence electrons. The van der Waals surface area contributed by atoms with Crippen molar-refractivity contribution in [2.24, 2.45) is 0 Å². The fourth-order valence-electron chi connectivity index (χ4n) is 0.988. The maximum atomic E-state index is 4.13. The Labute approximate surface area is 61.7 Å². The van der Waals surface area contributed by atoms with Gasteiger partial charge in [-0.3, -0.25) is 5.10 Å². The van der Waals surface area contributed by atoms with Crippen molar-refractivity contribution in [1.82, 2.24) is 10.2 Å². The van der Waals surface area contributed by atoms with E-state index in [1.54, 1.807) is 0 Å². The van der Waals surface area contributed by atoms with E-state index in [0.717, 1.165) is 12.8 Å². The van der Waals surface area contributed by atoms with Crippen LogP contribution in [-0.4, -0.2) is 10.2 Å². The molecule has 2 nitrogen and oxygen atoms in total. The highest BCUT2D eigenvalue weighted by Crippen LogP contribution is 2.01. The zero-order chi connectivity index (χ0) is 7.40. The van der Waals surface area contributed by atoms with Gasteiger partial charge in [-0.05, 0) is 18.9 Å². The molecule has 0 amide bonds. The van der Waals surface area contributed by atoms with E-state index in [2.05, 4.69) is 30.1 Å². The van der Waals surface area contributed by atoms with Gasteiger partial charge in [0.25, 0.3) is 0 Å². The molecule has 0 fully saturated rings. The third kappa shape index (κ3) is 1.59. The summed E-state index contributed by atoms with van der Waals surface area (Å²) in [4.78, 5) is 0. The van der Waals surface area contributed by atoms with Gasteiger partial charge in [0.1, 0.15) is 0 Å². The summed E-state index contributed by atoms with van der Waals surface area (Å²) in [6, 6.07) is 2.14. The van der Waals surface area contributed by atoms with Crippen LogP contribution < -0.4 is 0 Å². The molecule has 1 aromatic heterocycles. The van der Waals surface area contributed by atoms with Crippen molar-refractivity contribution in [3.05, 3.63) is 17.5 Å². The van der Waals surface area contributed by atoms with Crippen molar-refractivity contribution in [2.45, 2.75) is 33.1 Å². The average Bonchev–Trinajstić information content (AvgIpc) is 2.37. The molecule has 0 saturated heterocycles. The lowest BCUT2D eigenvalue weighted by atomic mass is 10.2. The molecule has 0 radical (unpaired) electrons. The van der Waals surface area contributed by atoms with Gasteiger partial charge in [0.2, 0.25) is 0 Å². The predicted molar refractivity (Wildman–Crippen MR) is 42.0 cm³/mol. The zero-order valence-corrected chi connectivity index (χ0v) is 6.65. The van der Waals surface area contributed by atoms with E-state index in [-0.39, 0.29) is 0 Å². The smallest absolute Gasteiger partial charge is 0.0622 e. The lowest BCUT2D eigenvalue weighted by Gasteiger charge is -1.86. The fraction of sp³-hybridized carbons (Fsp3) is 0.625. The van der Waals surface area contributed by atoms with E-state index in [1.165, 1.54) is 17.8 Å². The van der Waals surface area contributed by atoms with Gasteiger partial charge in [0.05, 0.1) is 5.69 Å². The minimum absolute atomic E-state index is 1.03. The number of rotatable bonds is 3. The molecule has 0 unspecified atom stereocenters. The zero-order valence-electron chi connectivity index (χ0n) is 6.65. The summed E-state index contributed by atoms with van der Waals surface area (Å²) >= 11 is 0. The molecule has 1 rings (SSSR count). The van der Waals surface area contributed by atoms with Crippen LogP contribution >= 0.6 is 0 Å². The van der Waals surface area contributed by atoms with Crippen LogP contribution in [0.25, 0.3) is 0 Å². The number of aromatic amines is 1. The summed E-state index contributed by atoms with van der Waals surface area (Å²) < 4.78 is 0. The Kier molecular flexibility index (Phi) is 2.49. The van der Waals surface area contributed by atoms with Gasteiger partial charge < -0.3 is 0 Å². The first-order chi connectivity index (χ1) is 4.86. The molecule has 1 aromatic rings. The molecular weight excluding hydrogens is 124 g/mol. The van der Waals surface area contributed by atoms with Crippen LogP contribution in [0.5, 0.6) is 0 Å². The minimum Gasteiger partial charge on any atom is -0.282 e. The average molecular weight is 138 g/mol. The van der Waals surface area contributed by atoms with E-state index >= 15 is 0 Å². The van der Waals surface area contributed by atoms with E-state index in [1.807, 2.05) is 0 Å². The first-order valence-electron chi connectivity index (χ1n) is 3.90. The van der Waals surface area contributed by atoms with E-state index in [4.69, 9.17) is 0 Å².